The first kappa shape index (κ1) is 20.7. The Morgan fingerprint density at radius 1 is 1.07 bits per heavy atom. The summed E-state index contributed by atoms with van der Waals surface area (Å²) >= 11 is 2.99. The lowest BCUT2D eigenvalue weighted by Crippen LogP contribution is -2.14. The molecule has 2 unspecified atom stereocenters. The Morgan fingerprint density at radius 3 is 2.73 bits per heavy atom. The van der Waals surface area contributed by atoms with Crippen molar-refractivity contribution in [1.29, 1.82) is 0 Å². The Hall–Kier alpha value is -2.59. The summed E-state index contributed by atoms with van der Waals surface area (Å²) in [6.07, 6.45) is 6.33. The number of amides is 1. The second-order valence-electron chi connectivity index (χ2n) is 7.54. The van der Waals surface area contributed by atoms with Crippen molar-refractivity contribution in [3.05, 3.63) is 45.1 Å². The highest BCUT2D eigenvalue weighted by atomic mass is 32.1. The van der Waals surface area contributed by atoms with Crippen molar-refractivity contribution in [2.75, 3.05) is 5.32 Å². The summed E-state index contributed by atoms with van der Waals surface area (Å²) in [6, 6.07) is 5.51. The molecule has 10 heteroatoms. The third-order valence-electron chi connectivity index (χ3n) is 5.02. The zero-order valence-corrected chi connectivity index (χ0v) is 18.2. The van der Waals surface area contributed by atoms with E-state index in [1.807, 2.05) is 18.2 Å². The Morgan fingerprint density at radius 2 is 1.93 bits per heavy atom. The third kappa shape index (κ3) is 5.51. The smallest absolute Gasteiger partial charge is 0.232 e. The molecule has 0 bridgehead atoms. The molecule has 1 aliphatic carbocycles. The van der Waals surface area contributed by atoms with E-state index in [9.17, 15) is 9.59 Å². The number of nitrogens with zero attached hydrogens (tertiary/aromatic N) is 5. The van der Waals surface area contributed by atoms with Gasteiger partial charge in [0.1, 0.15) is 20.8 Å². The lowest BCUT2D eigenvalue weighted by molar-refractivity contribution is -0.116. The molecule has 2 atom stereocenters. The molecule has 3 aromatic heterocycles. The van der Waals surface area contributed by atoms with Crippen molar-refractivity contribution in [3.8, 4) is 0 Å². The summed E-state index contributed by atoms with van der Waals surface area (Å²) in [5.74, 6) is 0.855. The Bertz CT molecular complexity index is 1020. The molecular formula is C20H22N6O2S2. The molecule has 3 aromatic rings. The molecule has 3 heterocycles. The van der Waals surface area contributed by atoms with Crippen LogP contribution in [0.1, 0.15) is 52.8 Å². The quantitative estimate of drug-likeness (QED) is 0.570. The maximum absolute atomic E-state index is 12.2. The standard InChI is InChI=1S/C20H22N6O2S2/c1-12(27)8-17-23-24-18(29-17)10-13-5-6-14(9-13)19-25-26-20(30-19)22-16(28)11-15-4-2-3-7-21-15/h2-4,7,13-14H,5-6,8-11H2,1H3,(H,22,26,28). The topological polar surface area (TPSA) is 111 Å². The van der Waals surface area contributed by atoms with E-state index in [1.165, 1.54) is 22.7 Å². The van der Waals surface area contributed by atoms with E-state index in [1.54, 1.807) is 13.1 Å². The van der Waals surface area contributed by atoms with Gasteiger partial charge in [0, 0.05) is 24.2 Å². The predicted molar refractivity (Wildman–Crippen MR) is 115 cm³/mol. The normalized spacial score (nSPS) is 18.4. The minimum atomic E-state index is -0.140. The van der Waals surface area contributed by atoms with Crippen molar-refractivity contribution in [1.82, 2.24) is 25.4 Å². The monoisotopic (exact) mass is 442 g/mol. The van der Waals surface area contributed by atoms with Crippen molar-refractivity contribution in [2.24, 2.45) is 5.92 Å². The van der Waals surface area contributed by atoms with E-state index in [2.05, 4.69) is 30.7 Å². The summed E-state index contributed by atoms with van der Waals surface area (Å²) in [5.41, 5.74) is 0.724. The van der Waals surface area contributed by atoms with E-state index in [0.717, 1.165) is 46.4 Å². The van der Waals surface area contributed by atoms with Crippen LogP contribution in [0.3, 0.4) is 0 Å². The molecule has 1 fully saturated rings. The van der Waals surface area contributed by atoms with Gasteiger partial charge < -0.3 is 5.32 Å². The van der Waals surface area contributed by atoms with Gasteiger partial charge in [-0.3, -0.25) is 14.6 Å². The van der Waals surface area contributed by atoms with Gasteiger partial charge in [0.05, 0.1) is 12.8 Å². The van der Waals surface area contributed by atoms with E-state index in [-0.39, 0.29) is 18.1 Å². The average Bonchev–Trinajstić information content (AvgIpc) is 3.44. The zero-order chi connectivity index (χ0) is 20.9. The SMILES string of the molecule is CC(=O)Cc1nnc(CC2CCC(c3nnc(NC(=O)Cc4ccccn4)s3)C2)s1. The van der Waals surface area contributed by atoms with Crippen LogP contribution in [-0.2, 0) is 28.9 Å². The van der Waals surface area contributed by atoms with Crippen LogP contribution in [0.5, 0.6) is 0 Å². The van der Waals surface area contributed by atoms with Crippen molar-refractivity contribution in [2.45, 2.75) is 51.4 Å². The summed E-state index contributed by atoms with van der Waals surface area (Å²) in [7, 11) is 0. The van der Waals surface area contributed by atoms with E-state index in [0.29, 0.717) is 23.4 Å². The number of hydrogen-bond donors (Lipinski definition) is 1. The van der Waals surface area contributed by atoms with Crippen LogP contribution in [-0.4, -0.2) is 37.1 Å². The summed E-state index contributed by atoms with van der Waals surface area (Å²) < 4.78 is 0. The number of hydrogen-bond acceptors (Lipinski definition) is 9. The molecule has 4 rings (SSSR count). The second-order valence-corrected chi connectivity index (χ2v) is 9.70. The highest BCUT2D eigenvalue weighted by Crippen LogP contribution is 2.41. The lowest BCUT2D eigenvalue weighted by Gasteiger charge is -2.06. The molecule has 0 radical (unpaired) electrons. The minimum Gasteiger partial charge on any atom is -0.300 e. The first-order chi connectivity index (χ1) is 14.5. The van der Waals surface area contributed by atoms with E-state index < -0.39 is 0 Å². The van der Waals surface area contributed by atoms with Gasteiger partial charge in [-0.05, 0) is 44.2 Å². The number of carbonyl (C=O) groups excluding carboxylic acids is 2. The van der Waals surface area contributed by atoms with Gasteiger partial charge in [0.25, 0.3) is 0 Å². The number of carbonyl (C=O) groups is 2. The third-order valence-corrected chi connectivity index (χ3v) is 6.96. The van der Waals surface area contributed by atoms with Crippen LogP contribution in [0.25, 0.3) is 0 Å². The molecule has 8 nitrogen and oxygen atoms in total. The van der Waals surface area contributed by atoms with Crippen LogP contribution in [0.15, 0.2) is 24.4 Å². The average molecular weight is 443 g/mol. The van der Waals surface area contributed by atoms with Crippen LogP contribution < -0.4 is 5.32 Å². The molecular weight excluding hydrogens is 420 g/mol. The zero-order valence-electron chi connectivity index (χ0n) is 16.6. The van der Waals surface area contributed by atoms with Gasteiger partial charge in [0.15, 0.2) is 0 Å². The Balaban J connectivity index is 1.28. The van der Waals surface area contributed by atoms with Gasteiger partial charge >= 0.3 is 0 Å². The number of nitrogens with one attached hydrogen (secondary N) is 1. The molecule has 1 amide bonds. The molecule has 0 spiro atoms. The lowest BCUT2D eigenvalue weighted by atomic mass is 10.0. The minimum absolute atomic E-state index is 0.109. The molecule has 156 valence electrons. The second kappa shape index (κ2) is 9.48. The predicted octanol–water partition coefficient (Wildman–Crippen LogP) is 3.22. The molecule has 30 heavy (non-hydrogen) atoms. The summed E-state index contributed by atoms with van der Waals surface area (Å²) in [6.45, 7) is 1.57. The number of aromatic nitrogens is 5. The van der Waals surface area contributed by atoms with Crippen LogP contribution in [0, 0.1) is 5.92 Å². The number of pyridine rings is 1. The maximum atomic E-state index is 12.2. The number of ketones is 1. The first-order valence-corrected chi connectivity index (χ1v) is 11.5. The molecule has 0 saturated heterocycles. The van der Waals surface area contributed by atoms with Crippen molar-refractivity contribution < 1.29 is 9.59 Å². The fourth-order valence-corrected chi connectivity index (χ4v) is 5.60. The van der Waals surface area contributed by atoms with Crippen molar-refractivity contribution >= 4 is 39.5 Å². The highest BCUT2D eigenvalue weighted by molar-refractivity contribution is 7.15. The van der Waals surface area contributed by atoms with Gasteiger partial charge in [-0.1, -0.05) is 17.4 Å². The van der Waals surface area contributed by atoms with Crippen molar-refractivity contribution in [3.63, 3.8) is 0 Å². The Labute approximate surface area is 182 Å². The van der Waals surface area contributed by atoms with Crippen LogP contribution >= 0.6 is 22.7 Å². The maximum Gasteiger partial charge on any atom is 0.232 e. The fourth-order valence-electron chi connectivity index (χ4n) is 3.67. The summed E-state index contributed by atoms with van der Waals surface area (Å²) in [5, 5.41) is 22.9. The van der Waals surface area contributed by atoms with Gasteiger partial charge in [-0.25, -0.2) is 0 Å². The first-order valence-electron chi connectivity index (χ1n) is 9.89. The largest absolute Gasteiger partial charge is 0.300 e. The molecule has 0 aliphatic heterocycles. The highest BCUT2D eigenvalue weighted by Gasteiger charge is 2.29. The van der Waals surface area contributed by atoms with Gasteiger partial charge in [-0.15, -0.1) is 31.7 Å². The number of Topliss-reactive ketones (excluding diaryl/α,β-unsaturated/α-hetero) is 1. The number of rotatable bonds is 8. The fraction of sp³-hybridized carbons (Fsp3) is 0.450. The molecule has 1 aliphatic rings. The molecule has 1 N–H and O–H groups in total. The van der Waals surface area contributed by atoms with Gasteiger partial charge in [-0.2, -0.15) is 0 Å². The molecule has 0 aromatic carbocycles. The summed E-state index contributed by atoms with van der Waals surface area (Å²) in [4.78, 5) is 27.6. The van der Waals surface area contributed by atoms with Crippen LogP contribution in [0.4, 0.5) is 5.13 Å². The molecule has 1 saturated carbocycles. The van der Waals surface area contributed by atoms with E-state index in [4.69, 9.17) is 0 Å². The number of anilines is 1. The Kier molecular flexibility index (Phi) is 6.53. The van der Waals surface area contributed by atoms with Crippen LogP contribution in [0.2, 0.25) is 0 Å². The van der Waals surface area contributed by atoms with Gasteiger partial charge in [0.2, 0.25) is 11.0 Å². The van der Waals surface area contributed by atoms with E-state index >= 15 is 0 Å².